The summed E-state index contributed by atoms with van der Waals surface area (Å²) in [6.45, 7) is 9.33. The number of esters is 1. The van der Waals surface area contributed by atoms with E-state index in [2.05, 4.69) is 12.2 Å². The third-order valence-electron chi connectivity index (χ3n) is 2.50. The molecule has 0 amide bonds. The highest BCUT2D eigenvalue weighted by Gasteiger charge is 2.26. The molecule has 82 valence electrons. The zero-order chi connectivity index (χ0) is 10.8. The topological polar surface area (TPSA) is 38.3 Å². The number of carbonyl (C=O) groups excluding carboxylic acids is 1. The van der Waals surface area contributed by atoms with Gasteiger partial charge in [-0.1, -0.05) is 0 Å². The summed E-state index contributed by atoms with van der Waals surface area (Å²) < 4.78 is 5.26. The minimum Gasteiger partial charge on any atom is -0.465 e. The molecule has 0 aromatic rings. The lowest BCUT2D eigenvalue weighted by atomic mass is 9.97. The molecule has 0 aromatic heterocycles. The molecule has 0 radical (unpaired) electrons. The summed E-state index contributed by atoms with van der Waals surface area (Å²) in [5.41, 5.74) is -0.377. The number of hydrogen-bond acceptors (Lipinski definition) is 3. The lowest BCUT2D eigenvalue weighted by Gasteiger charge is -2.18. The van der Waals surface area contributed by atoms with E-state index >= 15 is 0 Å². The Bertz CT molecular complexity index is 208. The predicted octanol–water partition coefficient (Wildman–Crippen LogP) is 1.57. The van der Waals surface area contributed by atoms with Crippen LogP contribution in [0.5, 0.6) is 0 Å². The van der Waals surface area contributed by atoms with Crippen molar-refractivity contribution in [3.8, 4) is 0 Å². The van der Waals surface area contributed by atoms with Crippen molar-refractivity contribution >= 4 is 5.97 Å². The van der Waals surface area contributed by atoms with Gasteiger partial charge in [-0.25, -0.2) is 0 Å². The highest BCUT2D eigenvalue weighted by Crippen LogP contribution is 2.18. The Morgan fingerprint density at radius 2 is 2.14 bits per heavy atom. The quantitative estimate of drug-likeness (QED) is 0.686. The molecule has 1 fully saturated rings. The van der Waals surface area contributed by atoms with Crippen molar-refractivity contribution in [3.63, 3.8) is 0 Å². The van der Waals surface area contributed by atoms with Crippen molar-refractivity contribution in [1.82, 2.24) is 5.32 Å². The molecule has 1 N–H and O–H groups in total. The first-order valence-corrected chi connectivity index (χ1v) is 5.30. The van der Waals surface area contributed by atoms with Crippen LogP contribution in [0.25, 0.3) is 0 Å². The Morgan fingerprint density at radius 3 is 2.57 bits per heavy atom. The van der Waals surface area contributed by atoms with Gasteiger partial charge >= 0.3 is 5.97 Å². The lowest BCUT2D eigenvalue weighted by molar-refractivity contribution is -0.154. The van der Waals surface area contributed by atoms with E-state index in [4.69, 9.17) is 4.74 Å². The summed E-state index contributed by atoms with van der Waals surface area (Å²) in [5, 5.41) is 3.34. The fourth-order valence-electron chi connectivity index (χ4n) is 1.57. The molecule has 3 heteroatoms. The van der Waals surface area contributed by atoms with Crippen LogP contribution >= 0.6 is 0 Å². The average Bonchev–Trinajstić information content (AvgIpc) is 2.45. The molecule has 1 aliphatic rings. The zero-order valence-electron chi connectivity index (χ0n) is 9.59. The van der Waals surface area contributed by atoms with Crippen molar-refractivity contribution in [2.45, 2.75) is 40.2 Å². The minimum atomic E-state index is -0.377. The molecule has 1 unspecified atom stereocenters. The molecular formula is C11H21NO2. The first kappa shape index (κ1) is 11.5. The second-order valence-corrected chi connectivity index (χ2v) is 5.26. The van der Waals surface area contributed by atoms with Crippen molar-refractivity contribution < 1.29 is 9.53 Å². The highest BCUT2D eigenvalue weighted by atomic mass is 16.5. The molecule has 0 bridgehead atoms. The highest BCUT2D eigenvalue weighted by molar-refractivity contribution is 5.75. The number of nitrogens with one attached hydrogen (secondary N) is 1. The summed E-state index contributed by atoms with van der Waals surface area (Å²) in [7, 11) is 0. The minimum absolute atomic E-state index is 0.1000. The molecule has 2 atom stereocenters. The molecule has 0 aliphatic carbocycles. The summed E-state index contributed by atoms with van der Waals surface area (Å²) in [5.74, 6) is 0.397. The van der Waals surface area contributed by atoms with Gasteiger partial charge in [0.1, 0.15) is 0 Å². The van der Waals surface area contributed by atoms with E-state index in [1.807, 2.05) is 20.8 Å². The summed E-state index contributed by atoms with van der Waals surface area (Å²) in [6.07, 6.45) is 1.11. The Kier molecular flexibility index (Phi) is 3.53. The van der Waals surface area contributed by atoms with Crippen LogP contribution in [0.3, 0.4) is 0 Å². The van der Waals surface area contributed by atoms with Gasteiger partial charge in [-0.05, 0) is 34.1 Å². The normalized spacial score (nSPS) is 27.7. The van der Waals surface area contributed by atoms with Crippen LogP contribution in [0, 0.1) is 11.3 Å². The van der Waals surface area contributed by atoms with E-state index in [-0.39, 0.29) is 11.4 Å². The largest absolute Gasteiger partial charge is 0.465 e. The molecule has 1 heterocycles. The first-order chi connectivity index (χ1) is 6.39. The van der Waals surface area contributed by atoms with Gasteiger partial charge in [0, 0.05) is 18.5 Å². The summed E-state index contributed by atoms with van der Waals surface area (Å²) in [4.78, 5) is 11.5. The maximum Gasteiger partial charge on any atom is 0.311 e. The van der Waals surface area contributed by atoms with E-state index in [9.17, 15) is 4.79 Å². The smallest absolute Gasteiger partial charge is 0.311 e. The van der Waals surface area contributed by atoms with Gasteiger partial charge < -0.3 is 10.1 Å². The SMILES string of the molecule is CC1C[C@H](COC(=O)C(C)(C)C)CN1. The first-order valence-electron chi connectivity index (χ1n) is 5.30. The fourth-order valence-corrected chi connectivity index (χ4v) is 1.57. The van der Waals surface area contributed by atoms with Gasteiger partial charge in [0.05, 0.1) is 12.0 Å². The van der Waals surface area contributed by atoms with Crippen LogP contribution in [0.1, 0.15) is 34.1 Å². The Hall–Kier alpha value is -0.570. The predicted molar refractivity (Wildman–Crippen MR) is 56.0 cm³/mol. The van der Waals surface area contributed by atoms with Crippen molar-refractivity contribution in [2.75, 3.05) is 13.2 Å². The molecule has 3 nitrogen and oxygen atoms in total. The Morgan fingerprint density at radius 1 is 1.50 bits per heavy atom. The van der Waals surface area contributed by atoms with Crippen LogP contribution in [-0.2, 0) is 9.53 Å². The van der Waals surface area contributed by atoms with Gasteiger partial charge in [-0.3, -0.25) is 4.79 Å². The van der Waals surface area contributed by atoms with Crippen LogP contribution in [0.4, 0.5) is 0 Å². The van der Waals surface area contributed by atoms with Crippen LogP contribution in [0.2, 0.25) is 0 Å². The van der Waals surface area contributed by atoms with E-state index < -0.39 is 0 Å². The standard InChI is InChI=1S/C11H21NO2/c1-8-5-9(6-12-8)7-14-10(13)11(2,3)4/h8-9,12H,5-7H2,1-4H3/t8?,9-/m0/s1. The van der Waals surface area contributed by atoms with E-state index in [1.54, 1.807) is 0 Å². The molecule has 0 spiro atoms. The van der Waals surface area contributed by atoms with Gasteiger partial charge in [-0.15, -0.1) is 0 Å². The maximum absolute atomic E-state index is 11.5. The number of ether oxygens (including phenoxy) is 1. The molecule has 14 heavy (non-hydrogen) atoms. The molecule has 0 saturated carbocycles. The van der Waals surface area contributed by atoms with Crippen molar-refractivity contribution in [3.05, 3.63) is 0 Å². The summed E-state index contributed by atoms with van der Waals surface area (Å²) >= 11 is 0. The monoisotopic (exact) mass is 199 g/mol. The molecule has 1 saturated heterocycles. The fraction of sp³-hybridized carbons (Fsp3) is 0.909. The van der Waals surface area contributed by atoms with Crippen molar-refractivity contribution in [1.29, 1.82) is 0 Å². The number of rotatable bonds is 2. The molecule has 1 rings (SSSR count). The van der Waals surface area contributed by atoms with Gasteiger partial charge in [0.2, 0.25) is 0 Å². The number of hydrogen-bond donors (Lipinski definition) is 1. The molecule has 1 aliphatic heterocycles. The van der Waals surface area contributed by atoms with E-state index in [0.717, 1.165) is 13.0 Å². The second-order valence-electron chi connectivity index (χ2n) is 5.26. The Labute approximate surface area is 86.2 Å². The average molecular weight is 199 g/mol. The molecular weight excluding hydrogens is 178 g/mol. The van der Waals surface area contributed by atoms with E-state index in [0.29, 0.717) is 18.6 Å². The van der Waals surface area contributed by atoms with Gasteiger partial charge in [-0.2, -0.15) is 0 Å². The van der Waals surface area contributed by atoms with Gasteiger partial charge in [0.15, 0.2) is 0 Å². The number of carbonyl (C=O) groups is 1. The maximum atomic E-state index is 11.5. The third kappa shape index (κ3) is 3.29. The second kappa shape index (κ2) is 4.30. The van der Waals surface area contributed by atoms with E-state index in [1.165, 1.54) is 0 Å². The van der Waals surface area contributed by atoms with Crippen LogP contribution in [0.15, 0.2) is 0 Å². The zero-order valence-corrected chi connectivity index (χ0v) is 9.59. The van der Waals surface area contributed by atoms with Crippen LogP contribution < -0.4 is 5.32 Å². The van der Waals surface area contributed by atoms with Crippen LogP contribution in [-0.4, -0.2) is 25.2 Å². The third-order valence-corrected chi connectivity index (χ3v) is 2.50. The molecule has 0 aromatic carbocycles. The lowest BCUT2D eigenvalue weighted by Crippen LogP contribution is -2.26. The van der Waals surface area contributed by atoms with Crippen molar-refractivity contribution in [2.24, 2.45) is 11.3 Å². The Balaban J connectivity index is 2.24. The summed E-state index contributed by atoms with van der Waals surface area (Å²) in [6, 6.07) is 0.563. The van der Waals surface area contributed by atoms with Gasteiger partial charge in [0.25, 0.3) is 0 Å².